The second-order valence-corrected chi connectivity index (χ2v) is 6.04. The molecule has 1 aromatic carbocycles. The third kappa shape index (κ3) is 1.85. The molecular formula is C15H17NS. The lowest BCUT2D eigenvalue weighted by Crippen LogP contribution is -2.10. The van der Waals surface area contributed by atoms with Gasteiger partial charge in [0, 0.05) is 23.0 Å². The molecule has 1 aliphatic rings. The largest absolute Gasteiger partial charge is 0.261 e. The number of hydrogen-bond acceptors (Lipinski definition) is 2. The van der Waals surface area contributed by atoms with E-state index in [1.54, 1.807) is 0 Å². The number of nitrogens with zero attached hydrogens (tertiary/aromatic N) is 1. The summed E-state index contributed by atoms with van der Waals surface area (Å²) in [7, 11) is 0. The Balaban J connectivity index is 2.23. The van der Waals surface area contributed by atoms with Gasteiger partial charge in [-0.2, -0.15) is 11.8 Å². The van der Waals surface area contributed by atoms with Crippen molar-refractivity contribution in [2.45, 2.75) is 19.8 Å². The van der Waals surface area contributed by atoms with Gasteiger partial charge < -0.3 is 0 Å². The second kappa shape index (κ2) is 4.34. The van der Waals surface area contributed by atoms with Crippen LogP contribution in [0.1, 0.15) is 24.1 Å². The Labute approximate surface area is 107 Å². The van der Waals surface area contributed by atoms with E-state index in [0.29, 0.717) is 5.92 Å². The highest BCUT2D eigenvalue weighted by atomic mass is 32.2. The molecule has 1 aromatic heterocycles. The molecule has 1 aliphatic heterocycles. The predicted octanol–water partition coefficient (Wildman–Crippen LogP) is 4.01. The number of benzene rings is 1. The maximum atomic E-state index is 4.58. The first-order chi connectivity index (χ1) is 8.27. The summed E-state index contributed by atoms with van der Waals surface area (Å²) in [5.41, 5.74) is 2.70. The molecule has 0 bridgehead atoms. The quantitative estimate of drug-likeness (QED) is 0.750. The van der Waals surface area contributed by atoms with Crippen molar-refractivity contribution < 1.29 is 0 Å². The highest BCUT2D eigenvalue weighted by Gasteiger charge is 2.28. The predicted molar refractivity (Wildman–Crippen MR) is 75.7 cm³/mol. The van der Waals surface area contributed by atoms with Gasteiger partial charge >= 0.3 is 0 Å². The zero-order chi connectivity index (χ0) is 11.8. The van der Waals surface area contributed by atoms with Crippen LogP contribution >= 0.6 is 11.8 Å². The Morgan fingerprint density at radius 1 is 1.24 bits per heavy atom. The number of fused-ring (bicyclic) bond motifs is 1. The van der Waals surface area contributed by atoms with Gasteiger partial charge in [-0.15, -0.1) is 0 Å². The summed E-state index contributed by atoms with van der Waals surface area (Å²) in [6, 6.07) is 8.64. The van der Waals surface area contributed by atoms with Crippen LogP contribution in [0.4, 0.5) is 0 Å². The Morgan fingerprint density at radius 3 is 2.82 bits per heavy atom. The minimum Gasteiger partial charge on any atom is -0.261 e. The summed E-state index contributed by atoms with van der Waals surface area (Å²) in [5, 5.41) is 2.68. The van der Waals surface area contributed by atoms with Crippen LogP contribution in [-0.2, 0) is 0 Å². The molecule has 3 rings (SSSR count). The van der Waals surface area contributed by atoms with E-state index in [-0.39, 0.29) is 0 Å². The number of hydrogen-bond donors (Lipinski definition) is 0. The van der Waals surface area contributed by atoms with E-state index in [0.717, 1.165) is 5.92 Å². The molecule has 1 fully saturated rings. The van der Waals surface area contributed by atoms with Crippen LogP contribution in [0.3, 0.4) is 0 Å². The SMILES string of the molecule is Cc1ncc2ccccc2c1C1CSC[C@H]1C. The number of rotatable bonds is 1. The Kier molecular flexibility index (Phi) is 2.83. The van der Waals surface area contributed by atoms with Crippen molar-refractivity contribution in [2.24, 2.45) is 5.92 Å². The summed E-state index contributed by atoms with van der Waals surface area (Å²) in [5.74, 6) is 3.98. The smallest absolute Gasteiger partial charge is 0.0414 e. The monoisotopic (exact) mass is 243 g/mol. The van der Waals surface area contributed by atoms with Gasteiger partial charge in [0.25, 0.3) is 0 Å². The molecule has 0 amide bonds. The molecule has 1 nitrogen and oxygen atoms in total. The van der Waals surface area contributed by atoms with Crippen LogP contribution in [-0.4, -0.2) is 16.5 Å². The lowest BCUT2D eigenvalue weighted by Gasteiger charge is -2.19. The van der Waals surface area contributed by atoms with Crippen LogP contribution in [0.15, 0.2) is 30.5 Å². The zero-order valence-corrected chi connectivity index (χ0v) is 11.1. The first kappa shape index (κ1) is 11.1. The van der Waals surface area contributed by atoms with Crippen molar-refractivity contribution in [1.29, 1.82) is 0 Å². The summed E-state index contributed by atoms with van der Waals surface area (Å²) in [6.07, 6.45) is 2.00. The number of pyridine rings is 1. The topological polar surface area (TPSA) is 12.9 Å². The van der Waals surface area contributed by atoms with Crippen LogP contribution in [0.5, 0.6) is 0 Å². The molecule has 17 heavy (non-hydrogen) atoms. The first-order valence-corrected chi connectivity index (χ1v) is 7.35. The highest BCUT2D eigenvalue weighted by Crippen LogP contribution is 2.40. The fourth-order valence-corrected chi connectivity index (χ4v) is 4.27. The third-order valence-corrected chi connectivity index (χ3v) is 5.13. The fourth-order valence-electron chi connectivity index (χ4n) is 2.78. The number of aryl methyl sites for hydroxylation is 1. The molecule has 0 N–H and O–H groups in total. The van der Waals surface area contributed by atoms with E-state index in [1.807, 2.05) is 6.20 Å². The number of aromatic nitrogens is 1. The normalized spacial score (nSPS) is 24.4. The number of thioether (sulfide) groups is 1. The molecule has 0 spiro atoms. The Morgan fingerprint density at radius 2 is 2.06 bits per heavy atom. The standard InChI is InChI=1S/C15H17NS/c1-10-8-17-9-14(10)15-11(2)16-7-12-5-3-4-6-13(12)15/h3-7,10,14H,8-9H2,1-2H3/t10-,14?/m1/s1. The summed E-state index contributed by atoms with van der Waals surface area (Å²) in [6.45, 7) is 4.52. The van der Waals surface area contributed by atoms with Crippen molar-refractivity contribution >= 4 is 22.5 Å². The summed E-state index contributed by atoms with van der Waals surface area (Å²) >= 11 is 2.07. The molecule has 0 radical (unpaired) electrons. The molecule has 0 aliphatic carbocycles. The van der Waals surface area contributed by atoms with E-state index in [2.05, 4.69) is 54.9 Å². The maximum Gasteiger partial charge on any atom is 0.0414 e. The van der Waals surface area contributed by atoms with Gasteiger partial charge in [0.2, 0.25) is 0 Å². The second-order valence-electron chi connectivity index (χ2n) is 4.97. The van der Waals surface area contributed by atoms with Gasteiger partial charge in [-0.3, -0.25) is 4.98 Å². The summed E-state index contributed by atoms with van der Waals surface area (Å²) < 4.78 is 0. The Hall–Kier alpha value is -1.02. The molecule has 2 aromatic rings. The van der Waals surface area contributed by atoms with Gasteiger partial charge in [0.1, 0.15) is 0 Å². The Bertz CT molecular complexity index is 550. The zero-order valence-electron chi connectivity index (χ0n) is 10.3. The van der Waals surface area contributed by atoms with Crippen molar-refractivity contribution in [2.75, 3.05) is 11.5 Å². The fraction of sp³-hybridized carbons (Fsp3) is 0.400. The lowest BCUT2D eigenvalue weighted by molar-refractivity contribution is 0.573. The highest BCUT2D eigenvalue weighted by molar-refractivity contribution is 7.99. The molecule has 2 heterocycles. The van der Waals surface area contributed by atoms with E-state index in [9.17, 15) is 0 Å². The third-order valence-electron chi connectivity index (χ3n) is 3.77. The summed E-state index contributed by atoms with van der Waals surface area (Å²) in [4.78, 5) is 4.58. The first-order valence-electron chi connectivity index (χ1n) is 6.19. The molecule has 1 saturated heterocycles. The lowest BCUT2D eigenvalue weighted by atomic mass is 9.86. The molecular weight excluding hydrogens is 226 g/mol. The minimum absolute atomic E-state index is 0.679. The van der Waals surface area contributed by atoms with Crippen molar-refractivity contribution in [3.05, 3.63) is 41.7 Å². The van der Waals surface area contributed by atoms with Gasteiger partial charge in [-0.05, 0) is 35.5 Å². The van der Waals surface area contributed by atoms with E-state index >= 15 is 0 Å². The average molecular weight is 243 g/mol. The molecule has 0 saturated carbocycles. The minimum atomic E-state index is 0.679. The maximum absolute atomic E-state index is 4.58. The average Bonchev–Trinajstić information content (AvgIpc) is 2.75. The van der Waals surface area contributed by atoms with E-state index in [4.69, 9.17) is 0 Å². The van der Waals surface area contributed by atoms with E-state index < -0.39 is 0 Å². The van der Waals surface area contributed by atoms with Crippen molar-refractivity contribution in [3.63, 3.8) is 0 Å². The van der Waals surface area contributed by atoms with Gasteiger partial charge in [0.15, 0.2) is 0 Å². The van der Waals surface area contributed by atoms with Crippen molar-refractivity contribution in [3.8, 4) is 0 Å². The molecule has 2 heteroatoms. The molecule has 2 atom stereocenters. The van der Waals surface area contributed by atoms with E-state index in [1.165, 1.54) is 33.5 Å². The van der Waals surface area contributed by atoms with Crippen LogP contribution in [0, 0.1) is 12.8 Å². The molecule has 88 valence electrons. The van der Waals surface area contributed by atoms with Gasteiger partial charge in [0.05, 0.1) is 0 Å². The van der Waals surface area contributed by atoms with Crippen molar-refractivity contribution in [1.82, 2.24) is 4.98 Å². The van der Waals surface area contributed by atoms with Gasteiger partial charge in [-0.25, -0.2) is 0 Å². The van der Waals surface area contributed by atoms with Gasteiger partial charge in [-0.1, -0.05) is 31.2 Å². The van der Waals surface area contributed by atoms with Crippen LogP contribution in [0.25, 0.3) is 10.8 Å². The van der Waals surface area contributed by atoms with Crippen LogP contribution < -0.4 is 0 Å². The van der Waals surface area contributed by atoms with Crippen LogP contribution in [0.2, 0.25) is 0 Å². The molecule has 1 unspecified atom stereocenters.